The van der Waals surface area contributed by atoms with Crippen LogP contribution >= 0.6 is 15.9 Å². The molecule has 1 N–H and O–H groups in total. The van der Waals surface area contributed by atoms with E-state index < -0.39 is 0 Å². The van der Waals surface area contributed by atoms with Crippen molar-refractivity contribution in [1.82, 2.24) is 0 Å². The summed E-state index contributed by atoms with van der Waals surface area (Å²) in [6.07, 6.45) is 0. The number of halogens is 1. The van der Waals surface area contributed by atoms with Gasteiger partial charge in [0.2, 0.25) is 0 Å². The monoisotopic (exact) mass is 282 g/mol. The average Bonchev–Trinajstić information content (AvgIpc) is 2.15. The van der Waals surface area contributed by atoms with Crippen LogP contribution in [-0.2, 0) is 0 Å². The van der Waals surface area contributed by atoms with Gasteiger partial charge < -0.3 is 10.2 Å². The van der Waals surface area contributed by atoms with Gasteiger partial charge in [0.15, 0.2) is 0 Å². The van der Waals surface area contributed by atoms with E-state index >= 15 is 0 Å². The fourth-order valence-electron chi connectivity index (χ4n) is 2.54. The van der Waals surface area contributed by atoms with Gasteiger partial charge in [-0.25, -0.2) is 0 Å². The highest BCUT2D eigenvalue weighted by atomic mass is 79.9. The summed E-state index contributed by atoms with van der Waals surface area (Å²) < 4.78 is 1.15. The zero-order valence-electron chi connectivity index (χ0n) is 10.3. The fourth-order valence-corrected chi connectivity index (χ4v) is 3.11. The molecular weight excluding hydrogens is 264 g/mol. The Morgan fingerprint density at radius 3 is 2.75 bits per heavy atom. The smallest absolute Gasteiger partial charge is 0.0633 e. The first-order chi connectivity index (χ1) is 7.50. The molecule has 0 bridgehead atoms. The molecule has 1 aromatic carbocycles. The molecule has 0 amide bonds. The minimum Gasteiger partial charge on any atom is -0.381 e. The molecule has 3 heteroatoms. The zero-order valence-corrected chi connectivity index (χ0v) is 11.9. The summed E-state index contributed by atoms with van der Waals surface area (Å²) >= 11 is 3.55. The Balaban J connectivity index is 2.44. The van der Waals surface area contributed by atoms with Gasteiger partial charge in [-0.3, -0.25) is 0 Å². The van der Waals surface area contributed by atoms with Gasteiger partial charge in [0.1, 0.15) is 0 Å². The van der Waals surface area contributed by atoms with Gasteiger partial charge in [-0.05, 0) is 30.5 Å². The number of hydrogen-bond donors (Lipinski definition) is 1. The van der Waals surface area contributed by atoms with Crippen LogP contribution in [0.1, 0.15) is 19.4 Å². The van der Waals surface area contributed by atoms with Crippen molar-refractivity contribution in [2.75, 3.05) is 23.8 Å². The molecule has 0 radical (unpaired) electrons. The van der Waals surface area contributed by atoms with Crippen molar-refractivity contribution in [3.8, 4) is 0 Å². The summed E-state index contributed by atoms with van der Waals surface area (Å²) in [6.45, 7) is 7.76. The fraction of sp³-hybridized carbons (Fsp3) is 0.538. The van der Waals surface area contributed by atoms with Crippen LogP contribution in [0.3, 0.4) is 0 Å². The van der Waals surface area contributed by atoms with Gasteiger partial charge in [-0.15, -0.1) is 0 Å². The second-order valence-corrected chi connectivity index (χ2v) is 5.84. The van der Waals surface area contributed by atoms with Crippen molar-refractivity contribution in [1.29, 1.82) is 0 Å². The van der Waals surface area contributed by atoms with Crippen molar-refractivity contribution >= 4 is 27.3 Å². The number of fused-ring (bicyclic) bond motifs is 1. The number of likely N-dealkylation sites (N-methyl/N-ethyl adjacent to an activating group) is 1. The van der Waals surface area contributed by atoms with Crippen LogP contribution in [0.4, 0.5) is 11.4 Å². The number of nitrogens with one attached hydrogen (secondary N) is 1. The number of benzene rings is 1. The third-order valence-corrected chi connectivity index (χ3v) is 3.84. The van der Waals surface area contributed by atoms with Crippen LogP contribution < -0.4 is 10.2 Å². The van der Waals surface area contributed by atoms with Gasteiger partial charge >= 0.3 is 0 Å². The molecule has 0 spiro atoms. The van der Waals surface area contributed by atoms with Crippen molar-refractivity contribution < 1.29 is 0 Å². The van der Waals surface area contributed by atoms with Gasteiger partial charge in [0.05, 0.1) is 11.4 Å². The Kier molecular flexibility index (Phi) is 3.15. The van der Waals surface area contributed by atoms with E-state index in [-0.39, 0.29) is 0 Å². The van der Waals surface area contributed by atoms with Crippen LogP contribution in [0.15, 0.2) is 16.6 Å². The third kappa shape index (κ3) is 1.93. The number of aryl methyl sites for hydroxylation is 1. The minimum absolute atomic E-state index is 0.576. The molecule has 1 aliphatic heterocycles. The molecule has 0 fully saturated rings. The van der Waals surface area contributed by atoms with Crippen molar-refractivity contribution in [2.45, 2.75) is 26.8 Å². The van der Waals surface area contributed by atoms with E-state index in [2.05, 4.69) is 66.1 Å². The molecule has 1 heterocycles. The highest BCUT2D eigenvalue weighted by Gasteiger charge is 2.26. The number of hydrogen-bond acceptors (Lipinski definition) is 2. The molecule has 2 nitrogen and oxygen atoms in total. The Morgan fingerprint density at radius 1 is 1.44 bits per heavy atom. The molecule has 1 aromatic rings. The van der Waals surface area contributed by atoms with Crippen molar-refractivity contribution in [3.63, 3.8) is 0 Å². The number of nitrogens with zero attached hydrogens (tertiary/aromatic N) is 1. The number of anilines is 2. The third-order valence-electron chi connectivity index (χ3n) is 3.39. The Hall–Kier alpha value is -0.700. The lowest BCUT2D eigenvalue weighted by atomic mass is 9.98. The van der Waals surface area contributed by atoms with Gasteiger partial charge in [-0.2, -0.15) is 0 Å². The first-order valence-electron chi connectivity index (χ1n) is 5.77. The van der Waals surface area contributed by atoms with Gasteiger partial charge in [0.25, 0.3) is 0 Å². The Bertz CT molecular complexity index is 401. The second kappa shape index (κ2) is 4.28. The normalized spacial score (nSPS) is 19.6. The maximum absolute atomic E-state index is 3.55. The first kappa shape index (κ1) is 11.8. The molecule has 0 aliphatic carbocycles. The zero-order chi connectivity index (χ0) is 11.9. The molecule has 0 saturated carbocycles. The molecule has 88 valence electrons. The van der Waals surface area contributed by atoms with Crippen molar-refractivity contribution in [3.05, 3.63) is 22.2 Å². The Labute approximate surface area is 106 Å². The topological polar surface area (TPSA) is 15.3 Å². The van der Waals surface area contributed by atoms with Crippen LogP contribution in [-0.4, -0.2) is 19.6 Å². The predicted molar refractivity (Wildman–Crippen MR) is 74.4 cm³/mol. The van der Waals surface area contributed by atoms with Crippen LogP contribution in [0.25, 0.3) is 0 Å². The Morgan fingerprint density at radius 2 is 2.12 bits per heavy atom. The minimum atomic E-state index is 0.576. The predicted octanol–water partition coefficient (Wildman–Crippen LogP) is 3.64. The second-order valence-electron chi connectivity index (χ2n) is 4.92. The maximum atomic E-state index is 3.55. The highest BCUT2D eigenvalue weighted by Crippen LogP contribution is 2.37. The quantitative estimate of drug-likeness (QED) is 0.846. The average molecular weight is 283 g/mol. The van der Waals surface area contributed by atoms with Crippen LogP contribution in [0.2, 0.25) is 0 Å². The van der Waals surface area contributed by atoms with E-state index in [0.717, 1.165) is 11.0 Å². The number of rotatable bonds is 1. The molecule has 16 heavy (non-hydrogen) atoms. The van der Waals surface area contributed by atoms with E-state index in [0.29, 0.717) is 12.0 Å². The lowest BCUT2D eigenvalue weighted by Gasteiger charge is -2.40. The molecule has 1 aliphatic rings. The van der Waals surface area contributed by atoms with E-state index in [4.69, 9.17) is 0 Å². The van der Waals surface area contributed by atoms with Gasteiger partial charge in [-0.1, -0.05) is 29.8 Å². The standard InChI is InChI=1S/C13H19BrN2/c1-8(2)12-7-15-11-6-10(14)5-9(3)13(11)16(12)4/h5-6,8,12,15H,7H2,1-4H3. The molecular formula is C13H19BrN2. The maximum Gasteiger partial charge on any atom is 0.0633 e. The van der Waals surface area contributed by atoms with Gasteiger partial charge in [0, 0.05) is 24.1 Å². The molecule has 1 atom stereocenters. The summed E-state index contributed by atoms with van der Waals surface area (Å²) in [4.78, 5) is 2.41. The van der Waals surface area contributed by atoms with E-state index in [1.807, 2.05) is 0 Å². The van der Waals surface area contributed by atoms with Crippen LogP contribution in [0.5, 0.6) is 0 Å². The molecule has 0 aromatic heterocycles. The SMILES string of the molecule is Cc1cc(Br)cc2c1N(C)C(C(C)C)CN2. The summed E-state index contributed by atoms with van der Waals surface area (Å²) in [5.74, 6) is 0.661. The van der Waals surface area contributed by atoms with E-state index in [1.54, 1.807) is 0 Å². The van der Waals surface area contributed by atoms with E-state index in [9.17, 15) is 0 Å². The van der Waals surface area contributed by atoms with Crippen LogP contribution in [0, 0.1) is 12.8 Å². The van der Waals surface area contributed by atoms with E-state index in [1.165, 1.54) is 16.9 Å². The molecule has 2 rings (SSSR count). The lowest BCUT2D eigenvalue weighted by molar-refractivity contribution is 0.482. The summed E-state index contributed by atoms with van der Waals surface area (Å²) in [6, 6.07) is 4.92. The largest absolute Gasteiger partial charge is 0.381 e. The van der Waals surface area contributed by atoms with Crippen molar-refractivity contribution in [2.24, 2.45) is 5.92 Å². The first-order valence-corrected chi connectivity index (χ1v) is 6.57. The summed E-state index contributed by atoms with van der Waals surface area (Å²) in [5.41, 5.74) is 3.91. The molecule has 0 saturated heterocycles. The lowest BCUT2D eigenvalue weighted by Crippen LogP contribution is -2.45. The summed E-state index contributed by atoms with van der Waals surface area (Å²) in [5, 5.41) is 3.53. The molecule has 1 unspecified atom stereocenters. The highest BCUT2D eigenvalue weighted by molar-refractivity contribution is 9.10. The summed E-state index contributed by atoms with van der Waals surface area (Å²) in [7, 11) is 2.20.